The average Bonchev–Trinajstić information content (AvgIpc) is 3.06. The Labute approximate surface area is 169 Å². The van der Waals surface area contributed by atoms with Gasteiger partial charge in [-0.15, -0.1) is 0 Å². The van der Waals surface area contributed by atoms with Crippen LogP contribution < -0.4 is 14.3 Å². The lowest BCUT2D eigenvalue weighted by molar-refractivity contribution is -0.384. The van der Waals surface area contributed by atoms with Crippen LogP contribution in [-0.2, 0) is 11.3 Å². The molecule has 3 rings (SSSR count). The van der Waals surface area contributed by atoms with Gasteiger partial charge in [0, 0.05) is 43.5 Å². The van der Waals surface area contributed by atoms with Crippen LogP contribution in [0, 0.1) is 10.1 Å². The maximum atomic E-state index is 12.6. The number of rotatable bonds is 7. The molecule has 10 heteroatoms. The van der Waals surface area contributed by atoms with Gasteiger partial charge in [-0.2, -0.15) is 4.99 Å². The minimum absolute atomic E-state index is 0.0854. The summed E-state index contributed by atoms with van der Waals surface area (Å²) in [6.45, 7) is 0.914. The first-order valence-corrected chi connectivity index (χ1v) is 9.38. The lowest BCUT2D eigenvalue weighted by Gasteiger charge is -2.09. The highest BCUT2D eigenvalue weighted by molar-refractivity contribution is 7.16. The lowest BCUT2D eigenvalue weighted by atomic mass is 10.2. The number of benzene rings is 2. The number of aromatic nitrogens is 1. The van der Waals surface area contributed by atoms with Gasteiger partial charge in [-0.1, -0.05) is 11.3 Å². The van der Waals surface area contributed by atoms with Crippen LogP contribution in [0.3, 0.4) is 0 Å². The molecule has 1 aromatic heterocycles. The minimum atomic E-state index is -0.517. The summed E-state index contributed by atoms with van der Waals surface area (Å²) in [6.07, 6.45) is 0. The van der Waals surface area contributed by atoms with Gasteiger partial charge in [-0.05, 0) is 12.1 Å². The number of amides is 1. The second kappa shape index (κ2) is 8.84. The van der Waals surface area contributed by atoms with E-state index in [4.69, 9.17) is 14.2 Å². The second-order valence-corrected chi connectivity index (χ2v) is 6.93. The molecule has 0 unspecified atom stereocenters. The number of nitro benzene ring substituents is 1. The number of nitrogens with zero attached hydrogens (tertiary/aromatic N) is 3. The molecule has 0 aliphatic heterocycles. The molecule has 2 aromatic carbocycles. The third-order valence-corrected chi connectivity index (χ3v) is 5.27. The molecule has 0 aliphatic carbocycles. The number of carbonyl (C=O) groups is 1. The number of hydrogen-bond acceptors (Lipinski definition) is 7. The Morgan fingerprint density at radius 1 is 1.14 bits per heavy atom. The summed E-state index contributed by atoms with van der Waals surface area (Å²) < 4.78 is 18.6. The van der Waals surface area contributed by atoms with E-state index in [1.165, 1.54) is 35.6 Å². The molecule has 152 valence electrons. The van der Waals surface area contributed by atoms with Gasteiger partial charge in [0.2, 0.25) is 0 Å². The average molecular weight is 417 g/mol. The Balaban J connectivity index is 2.10. The first-order valence-electron chi connectivity index (χ1n) is 8.56. The maximum absolute atomic E-state index is 12.6. The minimum Gasteiger partial charge on any atom is -0.493 e. The topological polar surface area (TPSA) is 105 Å². The van der Waals surface area contributed by atoms with Crippen LogP contribution in [0.25, 0.3) is 10.2 Å². The second-order valence-electron chi connectivity index (χ2n) is 5.92. The summed E-state index contributed by atoms with van der Waals surface area (Å²) >= 11 is 1.33. The number of non-ortho nitro benzene ring substituents is 1. The molecule has 1 amide bonds. The Kier molecular flexibility index (Phi) is 6.25. The van der Waals surface area contributed by atoms with Gasteiger partial charge >= 0.3 is 0 Å². The normalized spacial score (nSPS) is 11.6. The van der Waals surface area contributed by atoms with Crippen molar-refractivity contribution in [1.82, 2.24) is 4.57 Å². The van der Waals surface area contributed by atoms with Crippen LogP contribution >= 0.6 is 11.3 Å². The van der Waals surface area contributed by atoms with E-state index in [-0.39, 0.29) is 11.3 Å². The van der Waals surface area contributed by atoms with Crippen LogP contribution in [0.4, 0.5) is 5.69 Å². The van der Waals surface area contributed by atoms with Gasteiger partial charge in [-0.25, -0.2) is 0 Å². The van der Waals surface area contributed by atoms with Crippen molar-refractivity contribution in [2.45, 2.75) is 6.54 Å². The molecule has 0 saturated carbocycles. The van der Waals surface area contributed by atoms with Gasteiger partial charge < -0.3 is 18.8 Å². The highest BCUT2D eigenvalue weighted by Gasteiger charge is 2.14. The molecule has 0 saturated heterocycles. The summed E-state index contributed by atoms with van der Waals surface area (Å²) in [5.74, 6) is 0.655. The summed E-state index contributed by atoms with van der Waals surface area (Å²) in [5, 5.41) is 10.8. The fourth-order valence-electron chi connectivity index (χ4n) is 2.76. The number of thiazole rings is 1. The molecular formula is C19H19N3O6S. The molecule has 9 nitrogen and oxygen atoms in total. The van der Waals surface area contributed by atoms with Crippen molar-refractivity contribution < 1.29 is 23.9 Å². The molecule has 0 radical (unpaired) electrons. The molecule has 0 fully saturated rings. The van der Waals surface area contributed by atoms with Crippen LogP contribution in [0.15, 0.2) is 41.4 Å². The van der Waals surface area contributed by atoms with Crippen molar-refractivity contribution in [3.05, 3.63) is 56.9 Å². The van der Waals surface area contributed by atoms with Gasteiger partial charge in [0.15, 0.2) is 16.3 Å². The van der Waals surface area contributed by atoms with Gasteiger partial charge in [0.05, 0.1) is 36.0 Å². The smallest absolute Gasteiger partial charge is 0.279 e. The Morgan fingerprint density at radius 2 is 1.79 bits per heavy atom. The zero-order valence-corrected chi connectivity index (χ0v) is 16.9. The molecule has 0 aliphatic rings. The predicted molar refractivity (Wildman–Crippen MR) is 108 cm³/mol. The largest absolute Gasteiger partial charge is 0.493 e. The molecule has 0 spiro atoms. The maximum Gasteiger partial charge on any atom is 0.279 e. The Morgan fingerprint density at radius 3 is 2.38 bits per heavy atom. The van der Waals surface area contributed by atoms with Crippen molar-refractivity contribution >= 4 is 33.1 Å². The first-order chi connectivity index (χ1) is 14.0. The van der Waals surface area contributed by atoms with E-state index in [0.29, 0.717) is 29.5 Å². The number of nitro groups is 1. The molecule has 0 bridgehead atoms. The summed E-state index contributed by atoms with van der Waals surface area (Å²) in [4.78, 5) is 27.6. The zero-order valence-electron chi connectivity index (χ0n) is 16.1. The van der Waals surface area contributed by atoms with Crippen molar-refractivity contribution in [2.75, 3.05) is 27.9 Å². The zero-order chi connectivity index (χ0) is 21.0. The van der Waals surface area contributed by atoms with E-state index in [1.807, 2.05) is 16.7 Å². The quantitative estimate of drug-likeness (QED) is 0.432. The van der Waals surface area contributed by atoms with E-state index in [2.05, 4.69) is 4.99 Å². The summed E-state index contributed by atoms with van der Waals surface area (Å²) in [5.41, 5.74) is 1.01. The fraction of sp³-hybridized carbons (Fsp3) is 0.263. The number of ether oxygens (including phenoxy) is 3. The molecular weight excluding hydrogens is 398 g/mol. The monoisotopic (exact) mass is 417 g/mol. The summed E-state index contributed by atoms with van der Waals surface area (Å²) in [6, 6.07) is 9.00. The van der Waals surface area contributed by atoms with Gasteiger partial charge in [-0.3, -0.25) is 14.9 Å². The predicted octanol–water partition coefficient (Wildman–Crippen LogP) is 3.02. The van der Waals surface area contributed by atoms with E-state index in [9.17, 15) is 14.9 Å². The molecule has 0 atom stereocenters. The first kappa shape index (κ1) is 20.5. The van der Waals surface area contributed by atoms with Crippen LogP contribution in [0.1, 0.15) is 10.4 Å². The molecule has 3 aromatic rings. The molecule has 1 heterocycles. The van der Waals surface area contributed by atoms with Crippen molar-refractivity contribution in [1.29, 1.82) is 0 Å². The number of methoxy groups -OCH3 is 3. The lowest BCUT2D eigenvalue weighted by Crippen LogP contribution is -2.19. The molecule has 29 heavy (non-hydrogen) atoms. The Bertz CT molecular complexity index is 1120. The third kappa shape index (κ3) is 4.28. The van der Waals surface area contributed by atoms with Crippen molar-refractivity contribution in [3.8, 4) is 11.5 Å². The van der Waals surface area contributed by atoms with E-state index >= 15 is 0 Å². The van der Waals surface area contributed by atoms with Crippen molar-refractivity contribution in [2.24, 2.45) is 4.99 Å². The van der Waals surface area contributed by atoms with Gasteiger partial charge in [0.25, 0.3) is 11.6 Å². The van der Waals surface area contributed by atoms with E-state index in [0.717, 1.165) is 10.2 Å². The third-order valence-electron chi connectivity index (χ3n) is 4.23. The van der Waals surface area contributed by atoms with E-state index in [1.54, 1.807) is 21.3 Å². The summed E-state index contributed by atoms with van der Waals surface area (Å²) in [7, 11) is 4.70. The van der Waals surface area contributed by atoms with E-state index < -0.39 is 10.8 Å². The van der Waals surface area contributed by atoms with Crippen LogP contribution in [0.2, 0.25) is 0 Å². The Hall–Kier alpha value is -3.24. The molecule has 0 N–H and O–H groups in total. The van der Waals surface area contributed by atoms with Gasteiger partial charge in [0.1, 0.15) is 0 Å². The number of fused-ring (bicyclic) bond motifs is 1. The highest BCUT2D eigenvalue weighted by Crippen LogP contribution is 2.33. The standard InChI is InChI=1S/C19H19N3O6S/c1-26-9-8-21-14-10-15(27-2)16(28-3)11-17(14)29-19(21)20-18(23)12-4-6-13(7-5-12)22(24)25/h4-7,10-11H,8-9H2,1-3H3. The number of carbonyl (C=O) groups excluding carboxylic acids is 1. The fourth-order valence-corrected chi connectivity index (χ4v) is 3.82. The number of hydrogen-bond donors (Lipinski definition) is 0. The van der Waals surface area contributed by atoms with Crippen LogP contribution in [0.5, 0.6) is 11.5 Å². The van der Waals surface area contributed by atoms with Crippen molar-refractivity contribution in [3.63, 3.8) is 0 Å². The van der Waals surface area contributed by atoms with Crippen LogP contribution in [-0.4, -0.2) is 43.3 Å². The SMILES string of the molecule is COCCn1c(=NC(=O)c2ccc([N+](=O)[O-])cc2)sc2cc(OC)c(OC)cc21. The highest BCUT2D eigenvalue weighted by atomic mass is 32.1.